The molecule has 3 N–H and O–H groups in total. The first-order valence-corrected chi connectivity index (χ1v) is 9.61. The molecule has 32 heavy (non-hydrogen) atoms. The lowest BCUT2D eigenvalue weighted by molar-refractivity contribution is -0.00299. The summed E-state index contributed by atoms with van der Waals surface area (Å²) in [6, 6.07) is 7.46. The van der Waals surface area contributed by atoms with Crippen molar-refractivity contribution < 1.29 is 27.1 Å². The molecule has 2 heterocycles. The number of amides is 1. The van der Waals surface area contributed by atoms with Gasteiger partial charge in [0.05, 0.1) is 5.56 Å². The quantitative estimate of drug-likeness (QED) is 0.699. The SMILES string of the molecule is N#Cc1ccc(C(=O)Nc2ccc(F)c([C@]3(CF)N=C(N)O[C@H]4CC(F)(F)CC43)c2)nc1. The average molecular weight is 447 g/mol. The number of carbonyl (C=O) groups excluding carboxylic acids is 1. The highest BCUT2D eigenvalue weighted by atomic mass is 19.3. The van der Waals surface area contributed by atoms with E-state index in [4.69, 9.17) is 15.7 Å². The number of hydrogen-bond donors (Lipinski definition) is 2. The van der Waals surface area contributed by atoms with Gasteiger partial charge in [0.1, 0.15) is 35.9 Å². The fraction of sp³-hybridized carbons (Fsp3) is 0.333. The van der Waals surface area contributed by atoms with Crippen LogP contribution in [0.25, 0.3) is 0 Å². The zero-order valence-electron chi connectivity index (χ0n) is 16.5. The first-order chi connectivity index (χ1) is 15.2. The number of rotatable bonds is 4. The Hall–Kier alpha value is -3.68. The zero-order valence-corrected chi connectivity index (χ0v) is 16.5. The van der Waals surface area contributed by atoms with Crippen LogP contribution in [0.15, 0.2) is 41.5 Å². The van der Waals surface area contributed by atoms with Crippen molar-refractivity contribution in [1.82, 2.24) is 4.98 Å². The monoisotopic (exact) mass is 447 g/mol. The van der Waals surface area contributed by atoms with Crippen LogP contribution in [-0.4, -0.2) is 35.6 Å². The van der Waals surface area contributed by atoms with E-state index in [2.05, 4.69) is 15.3 Å². The maximum Gasteiger partial charge on any atom is 0.283 e. The van der Waals surface area contributed by atoms with Gasteiger partial charge in [-0.3, -0.25) is 4.79 Å². The molecule has 0 radical (unpaired) electrons. The van der Waals surface area contributed by atoms with E-state index >= 15 is 0 Å². The number of carbonyl (C=O) groups is 1. The smallest absolute Gasteiger partial charge is 0.283 e. The molecular formula is C21H17F4N5O2. The molecule has 7 nitrogen and oxygen atoms in total. The Bertz CT molecular complexity index is 1130. The number of nitrogens with one attached hydrogen (secondary N) is 1. The van der Waals surface area contributed by atoms with Gasteiger partial charge in [-0.1, -0.05) is 0 Å². The lowest BCUT2D eigenvalue weighted by Gasteiger charge is -2.40. The van der Waals surface area contributed by atoms with Crippen LogP contribution in [0.5, 0.6) is 0 Å². The van der Waals surface area contributed by atoms with Crippen molar-refractivity contribution >= 4 is 17.6 Å². The number of hydrogen-bond acceptors (Lipinski definition) is 6. The van der Waals surface area contributed by atoms with Crippen molar-refractivity contribution in [1.29, 1.82) is 5.26 Å². The molecule has 166 valence electrons. The highest BCUT2D eigenvalue weighted by molar-refractivity contribution is 6.02. The van der Waals surface area contributed by atoms with Crippen molar-refractivity contribution in [2.24, 2.45) is 16.6 Å². The summed E-state index contributed by atoms with van der Waals surface area (Å²) in [5.74, 6) is -5.85. The molecule has 1 fully saturated rings. The average Bonchev–Trinajstić information content (AvgIpc) is 3.08. The summed E-state index contributed by atoms with van der Waals surface area (Å²) < 4.78 is 62.7. The molecule has 0 bridgehead atoms. The number of benzene rings is 1. The predicted molar refractivity (Wildman–Crippen MR) is 105 cm³/mol. The first kappa shape index (κ1) is 21.5. The summed E-state index contributed by atoms with van der Waals surface area (Å²) in [6.07, 6.45) is -1.34. The summed E-state index contributed by atoms with van der Waals surface area (Å²) in [7, 11) is 0. The lowest BCUT2D eigenvalue weighted by Crippen LogP contribution is -2.48. The minimum Gasteiger partial charge on any atom is -0.461 e. The Balaban J connectivity index is 1.70. The minimum absolute atomic E-state index is 0.0149. The molecule has 1 aliphatic carbocycles. The van der Waals surface area contributed by atoms with Gasteiger partial charge in [0.15, 0.2) is 0 Å². The number of amidine groups is 1. The molecule has 2 aliphatic rings. The van der Waals surface area contributed by atoms with Crippen LogP contribution < -0.4 is 11.1 Å². The van der Waals surface area contributed by atoms with Crippen molar-refractivity contribution in [3.63, 3.8) is 0 Å². The highest BCUT2D eigenvalue weighted by Gasteiger charge is 2.60. The van der Waals surface area contributed by atoms with E-state index in [0.717, 1.165) is 12.1 Å². The van der Waals surface area contributed by atoms with Gasteiger partial charge in [-0.25, -0.2) is 27.5 Å². The Morgan fingerprint density at radius 3 is 2.75 bits per heavy atom. The number of nitrogens with two attached hydrogens (primary N) is 1. The Labute approximate surface area is 179 Å². The number of alkyl halides is 3. The van der Waals surface area contributed by atoms with Crippen molar-refractivity contribution in [2.45, 2.75) is 30.4 Å². The number of halogens is 4. The fourth-order valence-electron chi connectivity index (χ4n) is 4.22. The number of pyridine rings is 1. The fourth-order valence-corrected chi connectivity index (χ4v) is 4.22. The van der Waals surface area contributed by atoms with Gasteiger partial charge in [-0.05, 0) is 30.3 Å². The number of nitriles is 1. The van der Waals surface area contributed by atoms with Gasteiger partial charge in [-0.15, -0.1) is 0 Å². The van der Waals surface area contributed by atoms with E-state index in [1.54, 1.807) is 0 Å². The molecule has 2 aromatic rings. The number of fused-ring (bicyclic) bond motifs is 1. The summed E-state index contributed by atoms with van der Waals surface area (Å²) in [6.45, 7) is -1.29. The van der Waals surface area contributed by atoms with Crippen molar-refractivity contribution in [2.75, 3.05) is 12.0 Å². The molecule has 3 atom stereocenters. The maximum atomic E-state index is 14.8. The summed E-state index contributed by atoms with van der Waals surface area (Å²) in [5, 5.41) is 11.3. The van der Waals surface area contributed by atoms with Gasteiger partial charge in [-0.2, -0.15) is 5.26 Å². The highest BCUT2D eigenvalue weighted by Crippen LogP contribution is 2.53. The van der Waals surface area contributed by atoms with Gasteiger partial charge in [0.2, 0.25) is 0 Å². The number of nitrogens with zero attached hydrogens (tertiary/aromatic N) is 3. The topological polar surface area (TPSA) is 113 Å². The number of aromatic nitrogens is 1. The zero-order chi connectivity index (χ0) is 23.1. The summed E-state index contributed by atoms with van der Waals surface area (Å²) >= 11 is 0. The largest absolute Gasteiger partial charge is 0.461 e. The van der Waals surface area contributed by atoms with Crippen molar-refractivity contribution in [3.8, 4) is 6.07 Å². The molecule has 1 aromatic carbocycles. The third-order valence-corrected chi connectivity index (χ3v) is 5.68. The summed E-state index contributed by atoms with van der Waals surface area (Å²) in [4.78, 5) is 20.3. The third kappa shape index (κ3) is 3.72. The Morgan fingerprint density at radius 1 is 1.31 bits per heavy atom. The molecule has 11 heteroatoms. The van der Waals surface area contributed by atoms with Crippen molar-refractivity contribution in [3.05, 3.63) is 59.2 Å². The van der Waals surface area contributed by atoms with E-state index in [0.29, 0.717) is 0 Å². The molecule has 4 rings (SSSR count). The number of aliphatic imine (C=N–C) groups is 1. The van der Waals surface area contributed by atoms with E-state index in [1.807, 2.05) is 6.07 Å². The van der Waals surface area contributed by atoms with Gasteiger partial charge in [0, 0.05) is 36.2 Å². The van der Waals surface area contributed by atoms with E-state index in [9.17, 15) is 22.4 Å². The van der Waals surface area contributed by atoms with Crippen LogP contribution >= 0.6 is 0 Å². The second-order valence-electron chi connectivity index (χ2n) is 7.73. The number of anilines is 1. The second kappa shape index (κ2) is 7.78. The number of ether oxygens (including phenoxy) is 1. The van der Waals surface area contributed by atoms with Crippen LogP contribution in [0.1, 0.15) is 34.5 Å². The van der Waals surface area contributed by atoms with Crippen LogP contribution in [0, 0.1) is 23.1 Å². The molecule has 1 amide bonds. The van der Waals surface area contributed by atoms with E-state index in [-0.39, 0.29) is 22.5 Å². The predicted octanol–water partition coefficient (Wildman–Crippen LogP) is 3.27. The maximum absolute atomic E-state index is 14.8. The van der Waals surface area contributed by atoms with Crippen LogP contribution in [0.3, 0.4) is 0 Å². The van der Waals surface area contributed by atoms with Gasteiger partial charge >= 0.3 is 0 Å². The molecule has 0 spiro atoms. The standard InChI is InChI=1S/C21H17F4N5O2/c22-10-21(14-6-20(24,25)7-17(14)32-19(27)30-21)13-5-12(2-3-15(13)23)29-18(31)16-4-1-11(8-26)9-28-16/h1-5,9,14,17H,6-7,10H2,(H2,27,30)(H,29,31)/t14?,17-,21-/m0/s1. The molecule has 0 saturated heterocycles. The third-order valence-electron chi connectivity index (χ3n) is 5.68. The van der Waals surface area contributed by atoms with E-state index in [1.165, 1.54) is 24.4 Å². The Kier molecular flexibility index (Phi) is 5.24. The minimum atomic E-state index is -3.14. The molecule has 1 aromatic heterocycles. The lowest BCUT2D eigenvalue weighted by atomic mass is 9.76. The van der Waals surface area contributed by atoms with E-state index < -0.39 is 60.7 Å². The molecule has 1 aliphatic heterocycles. The first-order valence-electron chi connectivity index (χ1n) is 9.61. The van der Waals surface area contributed by atoms with Crippen LogP contribution in [-0.2, 0) is 10.3 Å². The van der Waals surface area contributed by atoms with Crippen LogP contribution in [0.2, 0.25) is 0 Å². The van der Waals surface area contributed by atoms with Gasteiger partial charge in [0.25, 0.3) is 17.9 Å². The molecule has 1 unspecified atom stereocenters. The molecular weight excluding hydrogens is 430 g/mol. The Morgan fingerprint density at radius 2 is 2.09 bits per heavy atom. The van der Waals surface area contributed by atoms with Gasteiger partial charge < -0.3 is 15.8 Å². The van der Waals surface area contributed by atoms with Crippen LogP contribution in [0.4, 0.5) is 23.2 Å². The summed E-state index contributed by atoms with van der Waals surface area (Å²) in [5.41, 5.74) is 3.61. The normalized spacial score (nSPS) is 25.8. The molecule has 1 saturated carbocycles. The second-order valence-corrected chi connectivity index (χ2v) is 7.73.